The van der Waals surface area contributed by atoms with E-state index in [9.17, 15) is 9.59 Å². The molecule has 6 rings (SSSR count). The van der Waals surface area contributed by atoms with Crippen LogP contribution in [0.25, 0.3) is 22.4 Å². The monoisotopic (exact) mass is 517 g/mol. The van der Waals surface area contributed by atoms with Crippen LogP contribution >= 0.6 is 0 Å². The highest BCUT2D eigenvalue weighted by Crippen LogP contribution is 2.22. The van der Waals surface area contributed by atoms with Crippen molar-refractivity contribution in [2.45, 2.75) is 13.0 Å². The summed E-state index contributed by atoms with van der Waals surface area (Å²) in [5, 5.41) is 11.1. The molecule has 5 aromatic heterocycles. The lowest BCUT2D eigenvalue weighted by atomic mass is 10.2. The van der Waals surface area contributed by atoms with Crippen LogP contribution in [0.2, 0.25) is 0 Å². The average molecular weight is 518 g/mol. The van der Waals surface area contributed by atoms with Gasteiger partial charge in [0.2, 0.25) is 0 Å². The first-order valence-electron chi connectivity index (χ1n) is 11.8. The first-order valence-corrected chi connectivity index (χ1v) is 11.8. The van der Waals surface area contributed by atoms with Gasteiger partial charge < -0.3 is 15.6 Å². The van der Waals surface area contributed by atoms with Crippen molar-refractivity contribution in [3.8, 4) is 17.5 Å². The van der Waals surface area contributed by atoms with E-state index in [0.29, 0.717) is 16.9 Å². The van der Waals surface area contributed by atoms with Crippen molar-refractivity contribution in [3.63, 3.8) is 0 Å². The van der Waals surface area contributed by atoms with E-state index in [4.69, 9.17) is 10.3 Å². The van der Waals surface area contributed by atoms with Crippen LogP contribution in [0.1, 0.15) is 40.4 Å². The molecule has 0 aliphatic rings. The molecule has 0 aliphatic heterocycles. The number of nitrogens with one attached hydrogen (secondary N) is 1. The Morgan fingerprint density at radius 1 is 1.08 bits per heavy atom. The lowest BCUT2D eigenvalue weighted by Crippen LogP contribution is -2.33. The van der Waals surface area contributed by atoms with Crippen LogP contribution < -0.4 is 16.6 Å². The van der Waals surface area contributed by atoms with E-state index in [0.717, 1.165) is 0 Å². The molecule has 0 unspecified atom stereocenters. The number of carbonyl (C=O) groups is 1. The Bertz CT molecular complexity index is 1970. The summed E-state index contributed by atoms with van der Waals surface area (Å²) in [6.45, 7) is 1.70. The third-order valence-electron chi connectivity index (χ3n) is 5.94. The predicted molar refractivity (Wildman–Crippen MR) is 141 cm³/mol. The Morgan fingerprint density at radius 3 is 2.67 bits per heavy atom. The molecule has 190 valence electrons. The minimum absolute atomic E-state index is 0.000489. The number of aromatic nitrogens is 7. The molecule has 1 aromatic carbocycles. The van der Waals surface area contributed by atoms with E-state index in [1.807, 2.05) is 6.07 Å². The van der Waals surface area contributed by atoms with Crippen molar-refractivity contribution in [1.29, 1.82) is 0 Å². The van der Waals surface area contributed by atoms with Crippen LogP contribution in [0, 0.1) is 11.8 Å². The van der Waals surface area contributed by atoms with Crippen LogP contribution in [-0.2, 0) is 0 Å². The molecule has 0 fully saturated rings. The smallest absolute Gasteiger partial charge is 0.272 e. The van der Waals surface area contributed by atoms with Gasteiger partial charge in [0.15, 0.2) is 17.2 Å². The van der Waals surface area contributed by atoms with E-state index in [1.54, 1.807) is 68.0 Å². The van der Waals surface area contributed by atoms with Crippen molar-refractivity contribution in [2.24, 2.45) is 0 Å². The number of fused-ring (bicyclic) bond motifs is 2. The summed E-state index contributed by atoms with van der Waals surface area (Å²) >= 11 is 0. The molecule has 6 aromatic rings. The lowest BCUT2D eigenvalue weighted by Gasteiger charge is -2.18. The topological polar surface area (TPSA) is 159 Å². The highest BCUT2D eigenvalue weighted by atomic mass is 16.5. The second-order valence-electron chi connectivity index (χ2n) is 8.49. The highest BCUT2D eigenvalue weighted by Gasteiger charge is 2.26. The number of amides is 1. The maximum Gasteiger partial charge on any atom is 0.272 e. The Kier molecular flexibility index (Phi) is 5.78. The van der Waals surface area contributed by atoms with Gasteiger partial charge in [0.1, 0.15) is 16.8 Å². The molecular formula is C27H19N9O3. The second-order valence-corrected chi connectivity index (χ2v) is 8.49. The molecule has 12 heteroatoms. The van der Waals surface area contributed by atoms with Gasteiger partial charge in [0, 0.05) is 30.4 Å². The zero-order valence-corrected chi connectivity index (χ0v) is 20.4. The Labute approximate surface area is 220 Å². The summed E-state index contributed by atoms with van der Waals surface area (Å²) in [6.07, 6.45) is 6.42. The summed E-state index contributed by atoms with van der Waals surface area (Å²) in [6, 6.07) is 13.3. The largest absolute Gasteiger partial charge is 0.381 e. The second kappa shape index (κ2) is 9.56. The molecule has 12 nitrogen and oxygen atoms in total. The van der Waals surface area contributed by atoms with Crippen LogP contribution in [-0.4, -0.2) is 40.2 Å². The number of nitrogen functional groups attached to an aromatic ring is 1. The van der Waals surface area contributed by atoms with Gasteiger partial charge in [-0.15, -0.1) is 5.10 Å². The van der Waals surface area contributed by atoms with Crippen LogP contribution in [0.5, 0.6) is 0 Å². The van der Waals surface area contributed by atoms with E-state index < -0.39 is 17.5 Å². The molecule has 0 aliphatic carbocycles. The maximum atomic E-state index is 13.9. The van der Waals surface area contributed by atoms with Crippen molar-refractivity contribution >= 4 is 28.5 Å². The van der Waals surface area contributed by atoms with Crippen molar-refractivity contribution in [3.05, 3.63) is 106 Å². The third-order valence-corrected chi connectivity index (χ3v) is 5.94. The van der Waals surface area contributed by atoms with Gasteiger partial charge in [-0.3, -0.25) is 19.1 Å². The molecular weight excluding hydrogens is 498 g/mol. The van der Waals surface area contributed by atoms with Gasteiger partial charge in [0.05, 0.1) is 11.7 Å². The predicted octanol–water partition coefficient (Wildman–Crippen LogP) is 2.28. The van der Waals surface area contributed by atoms with Gasteiger partial charge in [-0.2, -0.15) is 4.98 Å². The molecule has 0 radical (unpaired) electrons. The van der Waals surface area contributed by atoms with E-state index in [1.165, 1.54) is 15.3 Å². The van der Waals surface area contributed by atoms with Gasteiger partial charge in [-0.05, 0) is 43.2 Å². The molecule has 3 N–H and O–H groups in total. The number of hydrogen-bond donors (Lipinski definition) is 2. The van der Waals surface area contributed by atoms with Crippen LogP contribution in [0.15, 0.2) is 82.6 Å². The third kappa shape index (κ3) is 4.23. The summed E-state index contributed by atoms with van der Waals surface area (Å²) in [5.41, 5.74) is 7.38. The number of para-hydroxylation sites is 1. The van der Waals surface area contributed by atoms with Gasteiger partial charge in [-0.25, -0.2) is 9.50 Å². The Morgan fingerprint density at radius 2 is 1.87 bits per heavy atom. The SMILES string of the molecule is C[C@@H](NC(=O)c1c(N)nn2cccnc12)c1nc2onc(C#Cc3ccncc3)c2c(=O)n1-c1ccccc1. The van der Waals surface area contributed by atoms with Crippen LogP contribution in [0.3, 0.4) is 0 Å². The number of rotatable bonds is 4. The number of nitrogens with two attached hydrogens (primary N) is 1. The fourth-order valence-electron chi connectivity index (χ4n) is 4.14. The molecule has 1 amide bonds. The summed E-state index contributed by atoms with van der Waals surface area (Å²) < 4.78 is 8.23. The van der Waals surface area contributed by atoms with Gasteiger partial charge in [-0.1, -0.05) is 29.3 Å². The first-order chi connectivity index (χ1) is 19.0. The van der Waals surface area contributed by atoms with Gasteiger partial charge >= 0.3 is 0 Å². The maximum absolute atomic E-state index is 13.9. The first kappa shape index (κ1) is 23.6. The average Bonchev–Trinajstić information content (AvgIpc) is 3.52. The molecule has 0 saturated heterocycles. The Hall–Kier alpha value is -5.83. The zero-order chi connectivity index (χ0) is 26.9. The van der Waals surface area contributed by atoms with Crippen molar-refractivity contribution in [1.82, 2.24) is 39.6 Å². The summed E-state index contributed by atoms with van der Waals surface area (Å²) in [5.74, 6) is 5.57. The quantitative estimate of drug-likeness (QED) is 0.335. The highest BCUT2D eigenvalue weighted by molar-refractivity contribution is 6.04. The molecule has 39 heavy (non-hydrogen) atoms. The number of carbonyl (C=O) groups excluding carboxylic acids is 1. The van der Waals surface area contributed by atoms with Crippen LogP contribution in [0.4, 0.5) is 5.82 Å². The minimum Gasteiger partial charge on any atom is -0.381 e. The van der Waals surface area contributed by atoms with E-state index in [-0.39, 0.29) is 34.0 Å². The number of hydrogen-bond acceptors (Lipinski definition) is 9. The minimum atomic E-state index is -0.760. The summed E-state index contributed by atoms with van der Waals surface area (Å²) in [4.78, 5) is 39.9. The number of nitrogens with zero attached hydrogens (tertiary/aromatic N) is 7. The molecule has 0 spiro atoms. The normalized spacial score (nSPS) is 11.7. The van der Waals surface area contributed by atoms with E-state index in [2.05, 4.69) is 42.4 Å². The van der Waals surface area contributed by atoms with Crippen molar-refractivity contribution in [2.75, 3.05) is 5.73 Å². The lowest BCUT2D eigenvalue weighted by molar-refractivity contribution is 0.0940. The van der Waals surface area contributed by atoms with Gasteiger partial charge in [0.25, 0.3) is 17.2 Å². The molecule has 0 saturated carbocycles. The molecule has 5 heterocycles. The zero-order valence-electron chi connectivity index (χ0n) is 20.4. The number of benzene rings is 1. The van der Waals surface area contributed by atoms with E-state index >= 15 is 0 Å². The number of anilines is 1. The summed E-state index contributed by atoms with van der Waals surface area (Å²) in [7, 11) is 0. The Balaban J connectivity index is 1.45. The van der Waals surface area contributed by atoms with Crippen molar-refractivity contribution < 1.29 is 9.32 Å². The molecule has 1 atom stereocenters. The fraction of sp³-hybridized carbons (Fsp3) is 0.0741. The molecule has 0 bridgehead atoms. The standard InChI is InChI=1S/C27H19N9O3/c1-16(31-25(37)21-22(28)33-35-15-5-12-30-24(21)35)23-32-26-20(27(38)36(23)18-6-3-2-4-7-18)19(34-39-26)9-8-17-10-13-29-14-11-17/h2-7,10-16H,1H3,(H2,28,33)(H,31,37)/t16-/m1/s1. The fourth-order valence-corrected chi connectivity index (χ4v) is 4.14. The number of pyridine rings is 1.